The predicted molar refractivity (Wildman–Crippen MR) is 94.4 cm³/mol. The molecule has 0 bridgehead atoms. The van der Waals surface area contributed by atoms with Crippen LogP contribution in [0.25, 0.3) is 11.0 Å². The fraction of sp³-hybridized carbons (Fsp3) is 0.300. The fourth-order valence-electron chi connectivity index (χ4n) is 4.20. The molecule has 0 saturated heterocycles. The summed E-state index contributed by atoms with van der Waals surface area (Å²) in [7, 11) is 0. The lowest BCUT2D eigenvalue weighted by Gasteiger charge is -2.24. The summed E-state index contributed by atoms with van der Waals surface area (Å²) in [5.41, 5.74) is 4.80. The van der Waals surface area contributed by atoms with Crippen molar-refractivity contribution in [2.75, 3.05) is 0 Å². The van der Waals surface area contributed by atoms with E-state index in [1.54, 1.807) is 0 Å². The molecule has 1 aliphatic heterocycles. The minimum absolute atomic E-state index is 0.530. The molecule has 3 aromatic rings. The Morgan fingerprint density at radius 3 is 2.75 bits per heavy atom. The van der Waals surface area contributed by atoms with Gasteiger partial charge in [-0.2, -0.15) is 4.99 Å². The second-order valence-corrected chi connectivity index (χ2v) is 7.01. The van der Waals surface area contributed by atoms with Gasteiger partial charge in [0.05, 0.1) is 17.0 Å². The van der Waals surface area contributed by atoms with E-state index in [4.69, 9.17) is 4.98 Å². The van der Waals surface area contributed by atoms with Gasteiger partial charge in [-0.1, -0.05) is 30.7 Å². The molecule has 1 saturated carbocycles. The number of imidazole rings is 1. The minimum Gasteiger partial charge on any atom is -0.342 e. The highest BCUT2D eigenvalue weighted by molar-refractivity contribution is 5.78. The Hall–Kier alpha value is -2.46. The molecule has 1 aliphatic carbocycles. The number of aromatic amines is 1. The van der Waals surface area contributed by atoms with Crippen LogP contribution in [0.5, 0.6) is 0 Å². The molecule has 24 heavy (non-hydrogen) atoms. The number of fused-ring (bicyclic) bond motifs is 2. The molecule has 4 nitrogen and oxygen atoms in total. The predicted octanol–water partition coefficient (Wildman–Crippen LogP) is 1.86. The van der Waals surface area contributed by atoms with Crippen molar-refractivity contribution in [1.29, 1.82) is 0 Å². The van der Waals surface area contributed by atoms with Crippen molar-refractivity contribution in [2.24, 2.45) is 5.92 Å². The first-order valence-electron chi connectivity index (χ1n) is 8.89. The van der Waals surface area contributed by atoms with Crippen molar-refractivity contribution < 1.29 is 10.3 Å². The number of rotatable bonds is 2. The number of nitrogens with zero attached hydrogens (tertiary/aromatic N) is 1. The Balaban J connectivity index is 1.39. The molecule has 2 aliphatic rings. The van der Waals surface area contributed by atoms with Crippen molar-refractivity contribution in [3.05, 3.63) is 54.4 Å². The van der Waals surface area contributed by atoms with E-state index in [2.05, 4.69) is 63.8 Å². The average molecular weight is 318 g/mol. The van der Waals surface area contributed by atoms with Gasteiger partial charge >= 0.3 is 5.84 Å². The molecule has 2 heterocycles. The van der Waals surface area contributed by atoms with Crippen LogP contribution in [0, 0.1) is 5.92 Å². The molecule has 1 aromatic heterocycles. The van der Waals surface area contributed by atoms with Crippen LogP contribution in [0.4, 0.5) is 11.4 Å². The van der Waals surface area contributed by atoms with E-state index < -0.39 is 0 Å². The molecule has 0 spiro atoms. The average Bonchev–Trinajstić information content (AvgIpc) is 3.26. The lowest BCUT2D eigenvalue weighted by Crippen LogP contribution is -2.90. The largest absolute Gasteiger partial charge is 0.347 e. The number of nitrogens with two attached hydrogens (primary N) is 1. The molecule has 2 aromatic carbocycles. The Bertz CT molecular complexity index is 891. The number of amidine groups is 1. The highest BCUT2D eigenvalue weighted by Crippen LogP contribution is 2.35. The molecule has 4 heteroatoms. The normalized spacial score (nSPS) is 23.2. The van der Waals surface area contributed by atoms with Crippen LogP contribution in [-0.2, 0) is 0 Å². The number of aromatic nitrogens is 2. The number of benzene rings is 2. The number of H-pyrrole nitrogens is 1. The maximum atomic E-state index is 4.84. The summed E-state index contributed by atoms with van der Waals surface area (Å²) < 4.78 is 0. The number of quaternary nitrogens is 1. The van der Waals surface area contributed by atoms with E-state index in [0.717, 1.165) is 16.9 Å². The Morgan fingerprint density at radius 1 is 1.00 bits per heavy atom. The van der Waals surface area contributed by atoms with Crippen LogP contribution in [0.15, 0.2) is 48.5 Å². The number of hydrogen-bond donors (Lipinski definition) is 3. The summed E-state index contributed by atoms with van der Waals surface area (Å²) >= 11 is 0. The van der Waals surface area contributed by atoms with Crippen molar-refractivity contribution in [1.82, 2.24) is 9.97 Å². The van der Waals surface area contributed by atoms with Gasteiger partial charge in [-0.25, -0.2) is 10.3 Å². The standard InChI is InChI=1S/C20H20N4/c1-2-9-16-15(8-1)21-19(22-16)13-6-5-7-14(12-13)20-23-17-10-3-4-11-18(17)24-20/h1-4,8-11,13-14H,5-7,12H2,(H,21,22)(H,23,24)/p+2/t13-,14+. The SMILES string of the molecule is c1ccc2c(c1)[NH+]=C([C@H]1CCC[C@@H](c3nc4ccccc4[nH]3)C1)[NH2+]2. The maximum Gasteiger partial charge on any atom is 0.347 e. The summed E-state index contributed by atoms with van der Waals surface area (Å²) in [4.78, 5) is 12.0. The highest BCUT2D eigenvalue weighted by Gasteiger charge is 2.38. The third-order valence-electron chi connectivity index (χ3n) is 5.46. The van der Waals surface area contributed by atoms with Gasteiger partial charge in [-0.15, -0.1) is 0 Å². The first kappa shape index (κ1) is 13.9. The quantitative estimate of drug-likeness (QED) is 0.621. The molecule has 0 amide bonds. The number of nitrogens with one attached hydrogen (secondary N) is 2. The van der Waals surface area contributed by atoms with Gasteiger partial charge < -0.3 is 4.98 Å². The molecule has 4 N–H and O–H groups in total. The Morgan fingerprint density at radius 2 is 1.83 bits per heavy atom. The monoisotopic (exact) mass is 318 g/mol. The Labute approximate surface area is 141 Å². The Kier molecular flexibility index (Phi) is 3.23. The van der Waals surface area contributed by atoms with Gasteiger partial charge in [0, 0.05) is 18.1 Å². The van der Waals surface area contributed by atoms with Crippen LogP contribution in [0.1, 0.15) is 37.4 Å². The number of para-hydroxylation sites is 4. The summed E-state index contributed by atoms with van der Waals surface area (Å²) in [5.74, 6) is 3.68. The minimum atomic E-state index is 0.530. The van der Waals surface area contributed by atoms with Crippen LogP contribution < -0.4 is 10.3 Å². The maximum absolute atomic E-state index is 4.84. The smallest absolute Gasteiger partial charge is 0.342 e. The molecule has 120 valence electrons. The molecule has 2 atom stereocenters. The van der Waals surface area contributed by atoms with Gasteiger partial charge in [-0.05, 0) is 31.4 Å². The second-order valence-electron chi connectivity index (χ2n) is 7.01. The van der Waals surface area contributed by atoms with Crippen LogP contribution >= 0.6 is 0 Å². The first-order chi connectivity index (χ1) is 11.9. The van der Waals surface area contributed by atoms with Gasteiger partial charge in [0.15, 0.2) is 0 Å². The summed E-state index contributed by atoms with van der Waals surface area (Å²) in [6.07, 6.45) is 4.94. The summed E-state index contributed by atoms with van der Waals surface area (Å²) in [6, 6.07) is 16.9. The van der Waals surface area contributed by atoms with Crippen LogP contribution in [-0.4, -0.2) is 15.8 Å². The van der Waals surface area contributed by atoms with E-state index in [0.29, 0.717) is 11.8 Å². The summed E-state index contributed by atoms with van der Waals surface area (Å²) in [5, 5.41) is 2.33. The summed E-state index contributed by atoms with van der Waals surface area (Å²) in [6.45, 7) is 0. The molecule has 5 rings (SSSR count). The lowest BCUT2D eigenvalue weighted by atomic mass is 9.80. The molecule has 1 fully saturated rings. The van der Waals surface area contributed by atoms with E-state index in [1.807, 2.05) is 0 Å². The second kappa shape index (κ2) is 5.56. The zero-order valence-electron chi connectivity index (χ0n) is 13.6. The highest BCUT2D eigenvalue weighted by atomic mass is 15.1. The van der Waals surface area contributed by atoms with Gasteiger partial charge in [0.25, 0.3) is 5.69 Å². The first-order valence-corrected chi connectivity index (χ1v) is 8.89. The van der Waals surface area contributed by atoms with Crippen molar-refractivity contribution in [3.63, 3.8) is 0 Å². The number of hydrogen-bond acceptors (Lipinski definition) is 1. The third kappa shape index (κ3) is 2.34. The zero-order chi connectivity index (χ0) is 15.9. The molecule has 0 unspecified atom stereocenters. The van der Waals surface area contributed by atoms with E-state index in [-0.39, 0.29) is 0 Å². The van der Waals surface area contributed by atoms with Gasteiger partial charge in [0.2, 0.25) is 5.69 Å². The van der Waals surface area contributed by atoms with E-state index in [9.17, 15) is 0 Å². The molecule has 0 radical (unpaired) electrons. The van der Waals surface area contributed by atoms with Gasteiger partial charge in [-0.3, -0.25) is 0 Å². The zero-order valence-corrected chi connectivity index (χ0v) is 13.6. The van der Waals surface area contributed by atoms with E-state index in [1.165, 1.54) is 42.9 Å². The van der Waals surface area contributed by atoms with Crippen molar-refractivity contribution in [3.8, 4) is 0 Å². The van der Waals surface area contributed by atoms with Crippen LogP contribution in [0.2, 0.25) is 0 Å². The van der Waals surface area contributed by atoms with Crippen molar-refractivity contribution >= 4 is 28.2 Å². The molecular weight excluding hydrogens is 296 g/mol. The van der Waals surface area contributed by atoms with Gasteiger partial charge in [0.1, 0.15) is 5.82 Å². The van der Waals surface area contributed by atoms with Crippen molar-refractivity contribution in [2.45, 2.75) is 31.6 Å². The van der Waals surface area contributed by atoms with Crippen LogP contribution in [0.3, 0.4) is 0 Å². The topological polar surface area (TPSA) is 59.3 Å². The fourth-order valence-corrected chi connectivity index (χ4v) is 4.20. The third-order valence-corrected chi connectivity index (χ3v) is 5.46. The van der Waals surface area contributed by atoms with E-state index >= 15 is 0 Å². The lowest BCUT2D eigenvalue weighted by molar-refractivity contribution is -0.493. The molecular formula is C20H22N4+2.